The van der Waals surface area contributed by atoms with Gasteiger partial charge < -0.3 is 10.2 Å². The van der Waals surface area contributed by atoms with E-state index in [2.05, 4.69) is 5.32 Å². The molecular formula is C21H22F2N2O2. The standard InChI is InChI=1S/C21H22F2N2O2/c1-3-13-7-5-8-14(4-2)19(13)24-21(27)15-11-18(26)25(12-15)20-16(22)9-6-10-17(20)23/h5-10,15H,3-4,11-12H2,1-2H3,(H,24,27). The van der Waals surface area contributed by atoms with Gasteiger partial charge in [0.15, 0.2) is 0 Å². The van der Waals surface area contributed by atoms with Crippen LogP contribution >= 0.6 is 0 Å². The van der Waals surface area contributed by atoms with Crippen LogP contribution in [0.1, 0.15) is 31.4 Å². The van der Waals surface area contributed by atoms with Crippen LogP contribution in [0.4, 0.5) is 20.2 Å². The topological polar surface area (TPSA) is 49.4 Å². The molecular weight excluding hydrogens is 350 g/mol. The van der Waals surface area contributed by atoms with Crippen LogP contribution in [0.15, 0.2) is 36.4 Å². The first-order valence-corrected chi connectivity index (χ1v) is 9.12. The molecule has 0 radical (unpaired) electrons. The van der Waals surface area contributed by atoms with E-state index >= 15 is 0 Å². The van der Waals surface area contributed by atoms with E-state index in [0.717, 1.165) is 46.7 Å². The number of para-hydroxylation sites is 2. The molecule has 0 spiro atoms. The van der Waals surface area contributed by atoms with Crippen molar-refractivity contribution in [2.45, 2.75) is 33.1 Å². The normalized spacial score (nSPS) is 16.7. The van der Waals surface area contributed by atoms with Crippen molar-refractivity contribution >= 4 is 23.2 Å². The summed E-state index contributed by atoms with van der Waals surface area (Å²) >= 11 is 0. The maximum atomic E-state index is 14.0. The van der Waals surface area contributed by atoms with Gasteiger partial charge in [0, 0.05) is 18.7 Å². The Kier molecular flexibility index (Phi) is 5.54. The lowest BCUT2D eigenvalue weighted by Gasteiger charge is -2.19. The average Bonchev–Trinajstić information content (AvgIpc) is 3.03. The number of carbonyl (C=O) groups excluding carboxylic acids is 2. The molecule has 142 valence electrons. The fourth-order valence-electron chi connectivity index (χ4n) is 3.47. The second-order valence-corrected chi connectivity index (χ2v) is 6.62. The molecule has 2 aromatic carbocycles. The van der Waals surface area contributed by atoms with Crippen molar-refractivity contribution in [2.24, 2.45) is 5.92 Å². The zero-order chi connectivity index (χ0) is 19.6. The first-order chi connectivity index (χ1) is 13.0. The monoisotopic (exact) mass is 372 g/mol. The van der Waals surface area contributed by atoms with Gasteiger partial charge in [-0.25, -0.2) is 8.78 Å². The molecule has 1 fully saturated rings. The van der Waals surface area contributed by atoms with E-state index in [9.17, 15) is 18.4 Å². The Morgan fingerprint density at radius 3 is 2.19 bits per heavy atom. The van der Waals surface area contributed by atoms with Crippen molar-refractivity contribution in [1.82, 2.24) is 0 Å². The maximum Gasteiger partial charge on any atom is 0.229 e. The number of nitrogens with zero attached hydrogens (tertiary/aromatic N) is 1. The molecule has 1 aliphatic rings. The predicted molar refractivity (Wildman–Crippen MR) is 101 cm³/mol. The van der Waals surface area contributed by atoms with Gasteiger partial charge in [0.2, 0.25) is 11.8 Å². The van der Waals surface area contributed by atoms with Crippen LogP contribution < -0.4 is 10.2 Å². The molecule has 27 heavy (non-hydrogen) atoms. The SMILES string of the molecule is CCc1cccc(CC)c1NC(=O)C1CC(=O)N(c2c(F)cccc2F)C1. The summed E-state index contributed by atoms with van der Waals surface area (Å²) in [6.45, 7) is 3.97. The Morgan fingerprint density at radius 1 is 1.07 bits per heavy atom. The van der Waals surface area contributed by atoms with E-state index in [0.29, 0.717) is 0 Å². The summed E-state index contributed by atoms with van der Waals surface area (Å²) < 4.78 is 28.0. The molecule has 1 unspecified atom stereocenters. The van der Waals surface area contributed by atoms with Crippen LogP contribution in [0.25, 0.3) is 0 Å². The molecule has 6 heteroatoms. The van der Waals surface area contributed by atoms with Gasteiger partial charge in [0.1, 0.15) is 17.3 Å². The van der Waals surface area contributed by atoms with Crippen LogP contribution in [-0.4, -0.2) is 18.4 Å². The third-order valence-corrected chi connectivity index (χ3v) is 4.95. The van der Waals surface area contributed by atoms with Gasteiger partial charge in [0.05, 0.1) is 5.92 Å². The van der Waals surface area contributed by atoms with E-state index in [1.165, 1.54) is 6.07 Å². The highest BCUT2D eigenvalue weighted by molar-refractivity contribution is 6.04. The van der Waals surface area contributed by atoms with Crippen LogP contribution in [0.3, 0.4) is 0 Å². The summed E-state index contributed by atoms with van der Waals surface area (Å²) in [5.74, 6) is -3.05. The second-order valence-electron chi connectivity index (χ2n) is 6.62. The highest BCUT2D eigenvalue weighted by Gasteiger charge is 2.37. The molecule has 0 aliphatic carbocycles. The summed E-state index contributed by atoms with van der Waals surface area (Å²) in [5, 5.41) is 2.94. The molecule has 1 heterocycles. The number of carbonyl (C=O) groups is 2. The van der Waals surface area contributed by atoms with Gasteiger partial charge >= 0.3 is 0 Å². The van der Waals surface area contributed by atoms with Gasteiger partial charge in [-0.3, -0.25) is 9.59 Å². The van der Waals surface area contributed by atoms with E-state index in [1.807, 2.05) is 32.0 Å². The van der Waals surface area contributed by atoms with Crippen LogP contribution in [0.5, 0.6) is 0 Å². The van der Waals surface area contributed by atoms with Crippen molar-refractivity contribution in [3.05, 3.63) is 59.2 Å². The molecule has 3 rings (SSSR count). The smallest absolute Gasteiger partial charge is 0.229 e. The van der Waals surface area contributed by atoms with Crippen LogP contribution in [0, 0.1) is 17.6 Å². The molecule has 4 nitrogen and oxygen atoms in total. The van der Waals surface area contributed by atoms with Gasteiger partial charge in [-0.05, 0) is 36.1 Å². The summed E-state index contributed by atoms with van der Waals surface area (Å²) in [5.41, 5.74) is 2.42. The summed E-state index contributed by atoms with van der Waals surface area (Å²) in [6, 6.07) is 9.31. The molecule has 1 atom stereocenters. The van der Waals surface area contributed by atoms with Crippen molar-refractivity contribution in [2.75, 3.05) is 16.8 Å². The molecule has 0 bridgehead atoms. The lowest BCUT2D eigenvalue weighted by Crippen LogP contribution is -2.29. The quantitative estimate of drug-likeness (QED) is 0.860. The van der Waals surface area contributed by atoms with E-state index in [4.69, 9.17) is 0 Å². The predicted octanol–water partition coefficient (Wildman–Crippen LogP) is 4.08. The van der Waals surface area contributed by atoms with Crippen molar-refractivity contribution in [3.63, 3.8) is 0 Å². The minimum atomic E-state index is -0.811. The molecule has 2 amide bonds. The molecule has 1 aliphatic heterocycles. The first kappa shape index (κ1) is 19.0. The van der Waals surface area contributed by atoms with E-state index < -0.39 is 23.5 Å². The molecule has 0 aromatic heterocycles. The Hall–Kier alpha value is -2.76. The fourth-order valence-corrected chi connectivity index (χ4v) is 3.47. The Morgan fingerprint density at radius 2 is 1.63 bits per heavy atom. The minimum absolute atomic E-state index is 0.0434. The largest absolute Gasteiger partial charge is 0.325 e. The fraction of sp³-hybridized carbons (Fsp3) is 0.333. The minimum Gasteiger partial charge on any atom is -0.325 e. The van der Waals surface area contributed by atoms with E-state index in [-0.39, 0.29) is 24.6 Å². The van der Waals surface area contributed by atoms with Crippen LogP contribution in [0.2, 0.25) is 0 Å². The van der Waals surface area contributed by atoms with Crippen molar-refractivity contribution in [1.29, 1.82) is 0 Å². The molecule has 1 saturated heterocycles. The zero-order valence-corrected chi connectivity index (χ0v) is 15.4. The Bertz CT molecular complexity index is 840. The number of hydrogen-bond donors (Lipinski definition) is 1. The van der Waals surface area contributed by atoms with E-state index in [1.54, 1.807) is 0 Å². The van der Waals surface area contributed by atoms with Gasteiger partial charge in [-0.1, -0.05) is 38.1 Å². The third-order valence-electron chi connectivity index (χ3n) is 4.95. The summed E-state index contributed by atoms with van der Waals surface area (Å²) in [7, 11) is 0. The van der Waals surface area contributed by atoms with Crippen LogP contribution in [-0.2, 0) is 22.4 Å². The second kappa shape index (κ2) is 7.86. The Balaban J connectivity index is 1.81. The van der Waals surface area contributed by atoms with Gasteiger partial charge in [-0.15, -0.1) is 0 Å². The lowest BCUT2D eigenvalue weighted by atomic mass is 10.0. The molecule has 1 N–H and O–H groups in total. The van der Waals surface area contributed by atoms with Gasteiger partial charge in [-0.2, -0.15) is 0 Å². The highest BCUT2D eigenvalue weighted by atomic mass is 19.1. The number of aryl methyl sites for hydroxylation is 2. The number of nitrogens with one attached hydrogen (secondary N) is 1. The molecule has 2 aromatic rings. The number of anilines is 2. The summed E-state index contributed by atoms with van der Waals surface area (Å²) in [6.07, 6.45) is 1.45. The number of rotatable bonds is 5. The first-order valence-electron chi connectivity index (χ1n) is 9.12. The average molecular weight is 372 g/mol. The number of halogens is 2. The highest BCUT2D eigenvalue weighted by Crippen LogP contribution is 2.31. The molecule has 0 saturated carbocycles. The number of hydrogen-bond acceptors (Lipinski definition) is 2. The number of amides is 2. The number of benzene rings is 2. The van der Waals surface area contributed by atoms with Crippen molar-refractivity contribution in [3.8, 4) is 0 Å². The maximum absolute atomic E-state index is 14.0. The third kappa shape index (κ3) is 3.70. The zero-order valence-electron chi connectivity index (χ0n) is 15.4. The lowest BCUT2D eigenvalue weighted by molar-refractivity contribution is -0.122. The van der Waals surface area contributed by atoms with Gasteiger partial charge in [0.25, 0.3) is 0 Å². The van der Waals surface area contributed by atoms with Crippen molar-refractivity contribution < 1.29 is 18.4 Å². The Labute approximate surface area is 157 Å². The summed E-state index contributed by atoms with van der Waals surface area (Å²) in [4.78, 5) is 26.1.